The molecule has 3 heteroatoms. The number of hydrogen-bond acceptors (Lipinski definition) is 3. The van der Waals surface area contributed by atoms with Gasteiger partial charge in [-0.25, -0.2) is 4.79 Å². The Bertz CT molecular complexity index is 556. The van der Waals surface area contributed by atoms with E-state index in [9.17, 15) is 4.79 Å². The molecule has 0 amide bonds. The SMILES string of the molecule is CCOC(=O)C1=C(C)CCc2c(C)cncc2C=C1. The number of esters is 1. The third kappa shape index (κ3) is 2.92. The van der Waals surface area contributed by atoms with Gasteiger partial charge in [0.1, 0.15) is 0 Å². The molecular formula is C16H19NO2. The Morgan fingerprint density at radius 2 is 2.05 bits per heavy atom. The lowest BCUT2D eigenvalue weighted by molar-refractivity contribution is -0.138. The van der Waals surface area contributed by atoms with E-state index in [0.717, 1.165) is 24.0 Å². The molecule has 0 N–H and O–H groups in total. The Hall–Kier alpha value is -1.90. The summed E-state index contributed by atoms with van der Waals surface area (Å²) in [5.41, 5.74) is 5.36. The second-order valence-corrected chi connectivity index (χ2v) is 4.77. The van der Waals surface area contributed by atoms with Crippen LogP contribution in [-0.2, 0) is 16.0 Å². The standard InChI is InChI=1S/C16H19NO2/c1-4-19-16(18)15-8-6-13-10-17-9-12(3)14(13)7-5-11(15)2/h6,8-10H,4-5,7H2,1-3H3. The minimum Gasteiger partial charge on any atom is -0.462 e. The van der Waals surface area contributed by atoms with E-state index in [2.05, 4.69) is 11.9 Å². The molecule has 0 saturated heterocycles. The lowest BCUT2D eigenvalue weighted by Gasteiger charge is -2.14. The van der Waals surface area contributed by atoms with Gasteiger partial charge in [-0.15, -0.1) is 0 Å². The largest absolute Gasteiger partial charge is 0.462 e. The highest BCUT2D eigenvalue weighted by atomic mass is 16.5. The zero-order chi connectivity index (χ0) is 13.8. The Labute approximate surface area is 114 Å². The topological polar surface area (TPSA) is 39.2 Å². The number of fused-ring (bicyclic) bond motifs is 1. The van der Waals surface area contributed by atoms with Crippen LogP contribution in [0.5, 0.6) is 0 Å². The molecule has 1 aromatic rings. The smallest absolute Gasteiger partial charge is 0.338 e. The summed E-state index contributed by atoms with van der Waals surface area (Å²) in [6.45, 7) is 6.30. The van der Waals surface area contributed by atoms with Crippen LogP contribution in [-0.4, -0.2) is 17.6 Å². The Morgan fingerprint density at radius 3 is 2.79 bits per heavy atom. The molecule has 1 aliphatic carbocycles. The highest BCUT2D eigenvalue weighted by molar-refractivity contribution is 5.94. The van der Waals surface area contributed by atoms with Gasteiger partial charge in [0.25, 0.3) is 0 Å². The molecule has 0 fully saturated rings. The van der Waals surface area contributed by atoms with Gasteiger partial charge in [-0.1, -0.05) is 11.6 Å². The molecule has 0 bridgehead atoms. The van der Waals surface area contributed by atoms with E-state index in [4.69, 9.17) is 4.74 Å². The molecule has 0 aromatic carbocycles. The summed E-state index contributed by atoms with van der Waals surface area (Å²) < 4.78 is 5.10. The van der Waals surface area contributed by atoms with Crippen LogP contribution in [0.1, 0.15) is 37.0 Å². The number of aromatic nitrogens is 1. The van der Waals surface area contributed by atoms with Crippen molar-refractivity contribution < 1.29 is 9.53 Å². The predicted molar refractivity (Wildman–Crippen MR) is 75.7 cm³/mol. The van der Waals surface area contributed by atoms with Crippen molar-refractivity contribution in [1.82, 2.24) is 4.98 Å². The number of aryl methyl sites for hydroxylation is 1. The van der Waals surface area contributed by atoms with Crippen LogP contribution in [0, 0.1) is 6.92 Å². The lowest BCUT2D eigenvalue weighted by Crippen LogP contribution is -2.10. The average molecular weight is 257 g/mol. The van der Waals surface area contributed by atoms with Crippen molar-refractivity contribution in [3.05, 3.63) is 46.3 Å². The number of pyridine rings is 1. The number of carbonyl (C=O) groups excluding carboxylic acids is 1. The highest BCUT2D eigenvalue weighted by Crippen LogP contribution is 2.24. The van der Waals surface area contributed by atoms with Gasteiger partial charge in [0.15, 0.2) is 0 Å². The second kappa shape index (κ2) is 5.83. The maximum absolute atomic E-state index is 11.9. The zero-order valence-corrected chi connectivity index (χ0v) is 11.7. The highest BCUT2D eigenvalue weighted by Gasteiger charge is 2.15. The Kier molecular flexibility index (Phi) is 4.15. The van der Waals surface area contributed by atoms with Crippen LogP contribution in [0.25, 0.3) is 6.08 Å². The molecule has 0 saturated carbocycles. The minimum atomic E-state index is -0.236. The van der Waals surface area contributed by atoms with Crippen LogP contribution in [0.3, 0.4) is 0 Å². The maximum Gasteiger partial charge on any atom is 0.338 e. The molecule has 1 aliphatic rings. The zero-order valence-electron chi connectivity index (χ0n) is 11.7. The van der Waals surface area contributed by atoms with Gasteiger partial charge in [0, 0.05) is 12.4 Å². The first kappa shape index (κ1) is 13.5. The third-order valence-electron chi connectivity index (χ3n) is 3.44. The Balaban J connectivity index is 2.38. The van der Waals surface area contributed by atoms with Crippen LogP contribution in [0.15, 0.2) is 29.6 Å². The molecule has 3 nitrogen and oxygen atoms in total. The van der Waals surface area contributed by atoms with Crippen molar-refractivity contribution in [2.45, 2.75) is 33.6 Å². The van der Waals surface area contributed by atoms with E-state index in [1.807, 2.05) is 38.4 Å². The molecule has 0 spiro atoms. The molecular weight excluding hydrogens is 238 g/mol. The first-order valence-electron chi connectivity index (χ1n) is 6.62. The van der Waals surface area contributed by atoms with Crippen LogP contribution < -0.4 is 0 Å². The third-order valence-corrected chi connectivity index (χ3v) is 3.44. The van der Waals surface area contributed by atoms with Crippen molar-refractivity contribution in [2.75, 3.05) is 6.61 Å². The fraction of sp³-hybridized carbons (Fsp3) is 0.375. The molecule has 19 heavy (non-hydrogen) atoms. The summed E-state index contributed by atoms with van der Waals surface area (Å²) >= 11 is 0. The van der Waals surface area contributed by atoms with Gasteiger partial charge in [-0.3, -0.25) is 4.98 Å². The molecule has 2 rings (SSSR count). The fourth-order valence-corrected chi connectivity index (χ4v) is 2.31. The van der Waals surface area contributed by atoms with E-state index >= 15 is 0 Å². The van der Waals surface area contributed by atoms with Gasteiger partial charge in [-0.2, -0.15) is 0 Å². The van der Waals surface area contributed by atoms with E-state index in [-0.39, 0.29) is 5.97 Å². The molecule has 0 radical (unpaired) electrons. The molecule has 100 valence electrons. The number of hydrogen-bond donors (Lipinski definition) is 0. The number of carbonyl (C=O) groups is 1. The van der Waals surface area contributed by atoms with Crippen molar-refractivity contribution in [3.63, 3.8) is 0 Å². The molecule has 1 heterocycles. The van der Waals surface area contributed by atoms with Crippen LogP contribution >= 0.6 is 0 Å². The van der Waals surface area contributed by atoms with E-state index < -0.39 is 0 Å². The average Bonchev–Trinajstić information content (AvgIpc) is 2.36. The van der Waals surface area contributed by atoms with Gasteiger partial charge in [-0.05, 0) is 56.4 Å². The molecule has 0 atom stereocenters. The first-order chi connectivity index (χ1) is 9.13. The van der Waals surface area contributed by atoms with E-state index in [1.54, 1.807) is 0 Å². The molecule has 0 aliphatic heterocycles. The minimum absolute atomic E-state index is 0.236. The summed E-state index contributed by atoms with van der Waals surface area (Å²) in [5.74, 6) is -0.236. The van der Waals surface area contributed by atoms with E-state index in [1.165, 1.54) is 11.1 Å². The van der Waals surface area contributed by atoms with Crippen LogP contribution in [0.2, 0.25) is 0 Å². The van der Waals surface area contributed by atoms with E-state index in [0.29, 0.717) is 12.2 Å². The van der Waals surface area contributed by atoms with Crippen molar-refractivity contribution >= 4 is 12.0 Å². The summed E-state index contributed by atoms with van der Waals surface area (Å²) in [4.78, 5) is 16.1. The molecule has 0 unspecified atom stereocenters. The normalized spacial score (nSPS) is 14.7. The Morgan fingerprint density at radius 1 is 1.26 bits per heavy atom. The summed E-state index contributed by atoms with van der Waals surface area (Å²) in [6, 6.07) is 0. The number of nitrogens with zero attached hydrogens (tertiary/aromatic N) is 1. The predicted octanol–water partition coefficient (Wildman–Crippen LogP) is 3.23. The van der Waals surface area contributed by atoms with Gasteiger partial charge >= 0.3 is 5.97 Å². The monoisotopic (exact) mass is 257 g/mol. The summed E-state index contributed by atoms with van der Waals surface area (Å²) in [5, 5.41) is 0. The maximum atomic E-state index is 11.9. The van der Waals surface area contributed by atoms with Crippen molar-refractivity contribution in [3.8, 4) is 0 Å². The fourth-order valence-electron chi connectivity index (χ4n) is 2.31. The molecule has 1 aromatic heterocycles. The van der Waals surface area contributed by atoms with Gasteiger partial charge in [0.05, 0.1) is 12.2 Å². The number of rotatable bonds is 2. The quantitative estimate of drug-likeness (QED) is 0.764. The number of ether oxygens (including phenoxy) is 1. The van der Waals surface area contributed by atoms with Crippen molar-refractivity contribution in [2.24, 2.45) is 0 Å². The lowest BCUT2D eigenvalue weighted by atomic mass is 9.93. The number of allylic oxidation sites excluding steroid dienone is 1. The first-order valence-corrected chi connectivity index (χ1v) is 6.62. The second-order valence-electron chi connectivity index (χ2n) is 4.77. The van der Waals surface area contributed by atoms with Gasteiger partial charge < -0.3 is 4.74 Å². The van der Waals surface area contributed by atoms with Crippen molar-refractivity contribution in [1.29, 1.82) is 0 Å². The van der Waals surface area contributed by atoms with Gasteiger partial charge in [0.2, 0.25) is 0 Å². The van der Waals surface area contributed by atoms with Crippen LogP contribution in [0.4, 0.5) is 0 Å². The summed E-state index contributed by atoms with van der Waals surface area (Å²) in [6.07, 6.45) is 9.36. The summed E-state index contributed by atoms with van der Waals surface area (Å²) in [7, 11) is 0.